The zero-order valence-corrected chi connectivity index (χ0v) is 9.57. The monoisotopic (exact) mass is 262 g/mol. The van der Waals surface area contributed by atoms with Crippen molar-refractivity contribution in [3.8, 4) is 0 Å². The molecule has 8 nitrogen and oxygen atoms in total. The van der Waals surface area contributed by atoms with Gasteiger partial charge in [-0.1, -0.05) is 6.92 Å². The van der Waals surface area contributed by atoms with Crippen molar-refractivity contribution < 1.29 is 39.6 Å². The van der Waals surface area contributed by atoms with Crippen LogP contribution in [0.3, 0.4) is 0 Å². The lowest BCUT2D eigenvalue weighted by molar-refractivity contribution is -0.148. The van der Waals surface area contributed by atoms with Gasteiger partial charge in [0, 0.05) is 12.2 Å². The molecule has 0 radical (unpaired) electrons. The predicted octanol–water partition coefficient (Wildman–Crippen LogP) is 0.284. The van der Waals surface area contributed by atoms with Gasteiger partial charge in [0.25, 0.3) is 0 Å². The van der Waals surface area contributed by atoms with E-state index in [2.05, 4.69) is 0 Å². The highest BCUT2D eigenvalue weighted by Gasteiger charge is 2.17. The summed E-state index contributed by atoms with van der Waals surface area (Å²) in [6, 6.07) is 0. The summed E-state index contributed by atoms with van der Waals surface area (Å²) in [6.45, 7) is 1.65. The van der Waals surface area contributed by atoms with Gasteiger partial charge >= 0.3 is 23.9 Å². The smallest absolute Gasteiger partial charge is 0.328 e. The molecule has 102 valence electrons. The van der Waals surface area contributed by atoms with Crippen LogP contribution < -0.4 is 0 Å². The molecule has 0 aromatic carbocycles. The molecule has 0 aliphatic carbocycles. The molecule has 0 fully saturated rings. The molecule has 0 aromatic rings. The van der Waals surface area contributed by atoms with E-state index in [1.807, 2.05) is 0 Å². The van der Waals surface area contributed by atoms with Crippen molar-refractivity contribution in [1.29, 1.82) is 0 Å². The second-order valence-electron chi connectivity index (χ2n) is 3.05. The minimum Gasteiger partial charge on any atom is -0.481 e. The largest absolute Gasteiger partial charge is 0.481 e. The van der Waals surface area contributed by atoms with Crippen molar-refractivity contribution in [3.05, 3.63) is 12.2 Å². The first-order valence-corrected chi connectivity index (χ1v) is 4.79. The molecule has 4 N–H and O–H groups in total. The van der Waals surface area contributed by atoms with Crippen LogP contribution >= 0.6 is 0 Å². The summed E-state index contributed by atoms with van der Waals surface area (Å²) in [5, 5.41) is 32.2. The first-order valence-electron chi connectivity index (χ1n) is 4.79. The van der Waals surface area contributed by atoms with Gasteiger partial charge in [0.15, 0.2) is 0 Å². The molecule has 0 saturated carbocycles. The number of rotatable bonds is 6. The van der Waals surface area contributed by atoms with Crippen LogP contribution in [0.2, 0.25) is 0 Å². The molecule has 0 bridgehead atoms. The van der Waals surface area contributed by atoms with Crippen LogP contribution in [0.5, 0.6) is 0 Å². The fourth-order valence-corrected chi connectivity index (χ4v) is 0.760. The fraction of sp³-hybridized carbons (Fsp3) is 0.400. The second-order valence-corrected chi connectivity index (χ2v) is 3.05. The minimum atomic E-state index is -1.26. The van der Waals surface area contributed by atoms with Gasteiger partial charge in [0.2, 0.25) is 0 Å². The third-order valence-electron chi connectivity index (χ3n) is 1.63. The lowest BCUT2D eigenvalue weighted by Crippen LogP contribution is -2.16. The van der Waals surface area contributed by atoms with Crippen LogP contribution in [0.1, 0.15) is 19.8 Å². The lowest BCUT2D eigenvalue weighted by atomic mass is 10.0. The maximum atomic E-state index is 10.2. The van der Waals surface area contributed by atoms with E-state index in [-0.39, 0.29) is 6.42 Å². The first-order chi connectivity index (χ1) is 8.20. The number of carbonyl (C=O) groups is 4. The summed E-state index contributed by atoms with van der Waals surface area (Å²) in [7, 11) is 0. The highest BCUT2D eigenvalue weighted by Crippen LogP contribution is 2.07. The summed E-state index contributed by atoms with van der Waals surface area (Å²) in [4.78, 5) is 39.3. The SMILES string of the molecule is CCC(CC(=O)O)C(=O)O.O=C(O)/C=C/C(=O)O. The van der Waals surface area contributed by atoms with Crippen molar-refractivity contribution >= 4 is 23.9 Å². The molecule has 0 heterocycles. The molecule has 0 saturated heterocycles. The third kappa shape index (κ3) is 13.6. The summed E-state index contributed by atoms with van der Waals surface area (Å²) < 4.78 is 0. The highest BCUT2D eigenvalue weighted by atomic mass is 16.4. The Balaban J connectivity index is 0. The Hall–Kier alpha value is -2.38. The molecule has 8 heteroatoms. The first kappa shape index (κ1) is 18.0. The molecule has 0 aromatic heterocycles. The van der Waals surface area contributed by atoms with E-state index < -0.39 is 29.8 Å². The van der Waals surface area contributed by atoms with E-state index in [1.54, 1.807) is 6.92 Å². The van der Waals surface area contributed by atoms with Gasteiger partial charge in [-0.2, -0.15) is 0 Å². The maximum Gasteiger partial charge on any atom is 0.328 e. The molecule has 0 aliphatic rings. The minimum absolute atomic E-state index is 0.286. The van der Waals surface area contributed by atoms with Crippen molar-refractivity contribution in [2.75, 3.05) is 0 Å². The quantitative estimate of drug-likeness (QED) is 0.498. The summed E-state index contributed by atoms with van der Waals surface area (Å²) in [5.74, 6) is -5.35. The number of hydrogen-bond acceptors (Lipinski definition) is 4. The van der Waals surface area contributed by atoms with Crippen LogP contribution in [0.15, 0.2) is 12.2 Å². The van der Waals surface area contributed by atoms with E-state index in [0.29, 0.717) is 18.6 Å². The molecule has 0 spiro atoms. The number of aliphatic carboxylic acids is 4. The zero-order chi connectivity index (χ0) is 14.7. The highest BCUT2D eigenvalue weighted by molar-refractivity contribution is 5.89. The average Bonchev–Trinajstić information content (AvgIpc) is 2.23. The Labute approximate surface area is 102 Å². The van der Waals surface area contributed by atoms with Gasteiger partial charge in [-0.25, -0.2) is 9.59 Å². The van der Waals surface area contributed by atoms with E-state index >= 15 is 0 Å². The molecule has 0 rings (SSSR count). The summed E-state index contributed by atoms with van der Waals surface area (Å²) in [5.41, 5.74) is 0. The summed E-state index contributed by atoms with van der Waals surface area (Å²) >= 11 is 0. The molecule has 0 aliphatic heterocycles. The normalized spacial score (nSPS) is 11.2. The van der Waals surface area contributed by atoms with Gasteiger partial charge in [-0.15, -0.1) is 0 Å². The van der Waals surface area contributed by atoms with E-state index in [9.17, 15) is 19.2 Å². The molecule has 1 atom stereocenters. The fourth-order valence-electron chi connectivity index (χ4n) is 0.760. The van der Waals surface area contributed by atoms with Crippen LogP contribution in [0.25, 0.3) is 0 Å². The number of carboxylic acids is 4. The van der Waals surface area contributed by atoms with Crippen molar-refractivity contribution in [2.45, 2.75) is 19.8 Å². The van der Waals surface area contributed by atoms with E-state index in [0.717, 1.165) is 0 Å². The van der Waals surface area contributed by atoms with Crippen LogP contribution in [0, 0.1) is 5.92 Å². The second kappa shape index (κ2) is 9.82. The molecular weight excluding hydrogens is 248 g/mol. The topological polar surface area (TPSA) is 149 Å². The Bertz CT molecular complexity index is 328. The Morgan fingerprint density at radius 2 is 1.33 bits per heavy atom. The summed E-state index contributed by atoms with van der Waals surface area (Å²) in [6.07, 6.45) is 1.19. The Morgan fingerprint density at radius 3 is 1.44 bits per heavy atom. The standard InChI is InChI=1S/C6H10O4.C4H4O4/c1-2-4(6(9)10)3-5(7)8;5-3(6)1-2-4(7)8/h4H,2-3H2,1H3,(H,7,8)(H,9,10);1-2H,(H,5,6)(H,7,8)/b;2-1+. The molecule has 18 heavy (non-hydrogen) atoms. The molecule has 0 amide bonds. The van der Waals surface area contributed by atoms with Crippen LogP contribution in [-0.4, -0.2) is 44.3 Å². The van der Waals surface area contributed by atoms with Crippen LogP contribution in [-0.2, 0) is 19.2 Å². The van der Waals surface area contributed by atoms with Crippen LogP contribution in [0.4, 0.5) is 0 Å². The molecule has 1 unspecified atom stereocenters. The Morgan fingerprint density at radius 1 is 0.944 bits per heavy atom. The number of carboxylic acid groups (broad SMARTS) is 4. The van der Waals surface area contributed by atoms with Gasteiger partial charge in [-0.05, 0) is 6.42 Å². The van der Waals surface area contributed by atoms with Gasteiger partial charge < -0.3 is 20.4 Å². The molecular formula is C10H14O8. The van der Waals surface area contributed by atoms with E-state index in [1.165, 1.54) is 0 Å². The average molecular weight is 262 g/mol. The maximum absolute atomic E-state index is 10.2. The van der Waals surface area contributed by atoms with Gasteiger partial charge in [-0.3, -0.25) is 9.59 Å². The Kier molecular flexibility index (Phi) is 9.82. The van der Waals surface area contributed by atoms with Gasteiger partial charge in [0.1, 0.15) is 0 Å². The van der Waals surface area contributed by atoms with E-state index in [4.69, 9.17) is 20.4 Å². The van der Waals surface area contributed by atoms with Crippen molar-refractivity contribution in [1.82, 2.24) is 0 Å². The predicted molar refractivity (Wildman–Crippen MR) is 58.1 cm³/mol. The van der Waals surface area contributed by atoms with Crippen molar-refractivity contribution in [3.63, 3.8) is 0 Å². The van der Waals surface area contributed by atoms with Crippen molar-refractivity contribution in [2.24, 2.45) is 5.92 Å². The zero-order valence-electron chi connectivity index (χ0n) is 9.57. The van der Waals surface area contributed by atoms with Gasteiger partial charge in [0.05, 0.1) is 12.3 Å². The number of hydrogen-bond donors (Lipinski definition) is 4. The lowest BCUT2D eigenvalue weighted by Gasteiger charge is -2.03. The third-order valence-corrected chi connectivity index (χ3v) is 1.63.